The molecule has 7 heteroatoms. The number of pyridine rings is 1. The van der Waals surface area contributed by atoms with Crippen LogP contribution in [0.3, 0.4) is 0 Å². The van der Waals surface area contributed by atoms with Crippen LogP contribution in [0.4, 0.5) is 4.79 Å². The van der Waals surface area contributed by atoms with E-state index in [0.29, 0.717) is 13.1 Å². The lowest BCUT2D eigenvalue weighted by atomic mass is 10.2. The lowest BCUT2D eigenvalue weighted by Gasteiger charge is -2.35. The molecule has 0 radical (unpaired) electrons. The number of amides is 1. The Hall–Kier alpha value is -0.660. The minimum Gasteiger partial charge on any atom is -0.444 e. The molecular formula is C15H21Br2N3O2. The Balaban J connectivity index is 1.86. The first-order chi connectivity index (χ1) is 10.2. The van der Waals surface area contributed by atoms with Crippen LogP contribution < -0.4 is 0 Å². The van der Waals surface area contributed by atoms with Crippen molar-refractivity contribution in [2.75, 3.05) is 26.2 Å². The van der Waals surface area contributed by atoms with Crippen LogP contribution in [0.5, 0.6) is 0 Å². The second kappa shape index (κ2) is 7.27. The highest BCUT2D eigenvalue weighted by Crippen LogP contribution is 2.18. The second-order valence-corrected chi connectivity index (χ2v) is 7.99. The van der Waals surface area contributed by atoms with E-state index in [0.717, 1.165) is 28.8 Å². The van der Waals surface area contributed by atoms with Crippen LogP contribution in [0.1, 0.15) is 26.3 Å². The molecule has 0 unspecified atom stereocenters. The van der Waals surface area contributed by atoms with Crippen LogP contribution >= 0.6 is 31.9 Å². The van der Waals surface area contributed by atoms with E-state index in [2.05, 4.69) is 41.7 Å². The highest BCUT2D eigenvalue weighted by molar-refractivity contribution is 9.11. The number of aromatic nitrogens is 1. The molecule has 1 aliphatic heterocycles. The average Bonchev–Trinajstić information content (AvgIpc) is 2.36. The number of ether oxygens (including phenoxy) is 1. The summed E-state index contributed by atoms with van der Waals surface area (Å²) in [6.07, 6.45) is -0.221. The van der Waals surface area contributed by atoms with E-state index in [1.54, 1.807) is 4.90 Å². The predicted molar refractivity (Wildman–Crippen MR) is 92.7 cm³/mol. The summed E-state index contributed by atoms with van der Waals surface area (Å²) in [5, 5.41) is 0. The van der Waals surface area contributed by atoms with E-state index in [1.807, 2.05) is 32.9 Å². The molecule has 0 bridgehead atoms. The zero-order valence-electron chi connectivity index (χ0n) is 13.1. The van der Waals surface area contributed by atoms with Crippen molar-refractivity contribution >= 4 is 38.0 Å². The quantitative estimate of drug-likeness (QED) is 0.666. The van der Waals surface area contributed by atoms with Gasteiger partial charge < -0.3 is 9.64 Å². The summed E-state index contributed by atoms with van der Waals surface area (Å²) in [5.41, 5.74) is 0.753. The van der Waals surface area contributed by atoms with Gasteiger partial charge in [0.2, 0.25) is 0 Å². The fourth-order valence-corrected chi connectivity index (χ4v) is 3.49. The minimum atomic E-state index is -0.441. The van der Waals surface area contributed by atoms with E-state index < -0.39 is 5.60 Å². The summed E-state index contributed by atoms with van der Waals surface area (Å²) in [5.74, 6) is 0. The molecule has 2 heterocycles. The number of carbonyl (C=O) groups is 1. The molecule has 0 atom stereocenters. The van der Waals surface area contributed by atoms with Gasteiger partial charge in [-0.25, -0.2) is 9.78 Å². The molecular weight excluding hydrogens is 414 g/mol. The standard InChI is InChI=1S/C15H21Br2N3O2/c1-15(2,3)22-14(21)20-6-4-19(5-7-20)10-11-8-12(16)18-13(17)9-11/h8-9H,4-7,10H2,1-3H3. The van der Waals surface area contributed by atoms with Gasteiger partial charge in [0.05, 0.1) is 0 Å². The molecule has 5 nitrogen and oxygen atoms in total. The molecule has 2 rings (SSSR count). The third-order valence-electron chi connectivity index (χ3n) is 3.25. The summed E-state index contributed by atoms with van der Waals surface area (Å²) in [4.78, 5) is 20.4. The number of hydrogen-bond acceptors (Lipinski definition) is 4. The number of piperazine rings is 1. The molecule has 1 aliphatic rings. The van der Waals surface area contributed by atoms with Crippen LogP contribution in [0, 0.1) is 0 Å². The first-order valence-corrected chi connectivity index (χ1v) is 8.84. The first kappa shape index (κ1) is 17.7. The van der Waals surface area contributed by atoms with Crippen molar-refractivity contribution in [3.8, 4) is 0 Å². The normalized spacial score (nSPS) is 16.7. The molecule has 1 aromatic heterocycles. The second-order valence-electron chi connectivity index (χ2n) is 6.36. The van der Waals surface area contributed by atoms with Gasteiger partial charge in [0.15, 0.2) is 0 Å². The van der Waals surface area contributed by atoms with Gasteiger partial charge in [-0.2, -0.15) is 0 Å². The summed E-state index contributed by atoms with van der Waals surface area (Å²) in [6, 6.07) is 4.04. The van der Waals surface area contributed by atoms with Gasteiger partial charge >= 0.3 is 6.09 Å². The zero-order chi connectivity index (χ0) is 16.3. The number of hydrogen-bond donors (Lipinski definition) is 0. The maximum Gasteiger partial charge on any atom is 0.410 e. The van der Waals surface area contributed by atoms with Crippen LogP contribution in [-0.2, 0) is 11.3 Å². The van der Waals surface area contributed by atoms with Crippen LogP contribution in [0.15, 0.2) is 21.3 Å². The number of rotatable bonds is 2. The van der Waals surface area contributed by atoms with Gasteiger partial charge in [-0.3, -0.25) is 4.90 Å². The highest BCUT2D eigenvalue weighted by atomic mass is 79.9. The molecule has 0 N–H and O–H groups in total. The fourth-order valence-electron chi connectivity index (χ4n) is 2.28. The van der Waals surface area contributed by atoms with E-state index in [9.17, 15) is 4.79 Å². The van der Waals surface area contributed by atoms with Crippen molar-refractivity contribution in [3.05, 3.63) is 26.9 Å². The zero-order valence-corrected chi connectivity index (χ0v) is 16.3. The predicted octanol–water partition coefficient (Wildman–Crippen LogP) is 3.66. The van der Waals surface area contributed by atoms with Gasteiger partial charge in [0, 0.05) is 32.7 Å². The van der Waals surface area contributed by atoms with E-state index in [4.69, 9.17) is 4.74 Å². The van der Waals surface area contributed by atoms with Crippen LogP contribution in [0.25, 0.3) is 0 Å². The molecule has 0 saturated carbocycles. The van der Waals surface area contributed by atoms with Crippen molar-refractivity contribution < 1.29 is 9.53 Å². The van der Waals surface area contributed by atoms with Gasteiger partial charge in [-0.1, -0.05) is 0 Å². The summed E-state index contributed by atoms with van der Waals surface area (Å²) >= 11 is 6.81. The molecule has 0 aliphatic carbocycles. The van der Waals surface area contributed by atoms with Crippen LogP contribution in [-0.4, -0.2) is 52.7 Å². The topological polar surface area (TPSA) is 45.7 Å². The highest BCUT2D eigenvalue weighted by Gasteiger charge is 2.25. The monoisotopic (exact) mass is 433 g/mol. The lowest BCUT2D eigenvalue weighted by molar-refractivity contribution is 0.0139. The summed E-state index contributed by atoms with van der Waals surface area (Å²) < 4.78 is 7.06. The third kappa shape index (κ3) is 5.52. The molecule has 0 aromatic carbocycles. The van der Waals surface area contributed by atoms with Gasteiger partial charge in [0.1, 0.15) is 14.8 Å². The van der Waals surface area contributed by atoms with Crippen molar-refractivity contribution in [2.24, 2.45) is 0 Å². The molecule has 1 saturated heterocycles. The van der Waals surface area contributed by atoms with E-state index in [1.165, 1.54) is 5.56 Å². The lowest BCUT2D eigenvalue weighted by Crippen LogP contribution is -2.49. The summed E-state index contributed by atoms with van der Waals surface area (Å²) in [7, 11) is 0. The average molecular weight is 435 g/mol. The molecule has 1 fully saturated rings. The van der Waals surface area contributed by atoms with Gasteiger partial charge in [-0.05, 0) is 70.3 Å². The van der Waals surface area contributed by atoms with Crippen molar-refractivity contribution in [1.29, 1.82) is 0 Å². The molecule has 22 heavy (non-hydrogen) atoms. The summed E-state index contributed by atoms with van der Waals surface area (Å²) in [6.45, 7) is 9.60. The number of carbonyl (C=O) groups excluding carboxylic acids is 1. The Bertz CT molecular complexity index is 518. The van der Waals surface area contributed by atoms with E-state index >= 15 is 0 Å². The molecule has 122 valence electrons. The van der Waals surface area contributed by atoms with Crippen molar-refractivity contribution in [3.63, 3.8) is 0 Å². The number of halogens is 2. The van der Waals surface area contributed by atoms with E-state index in [-0.39, 0.29) is 6.09 Å². The first-order valence-electron chi connectivity index (χ1n) is 7.25. The Morgan fingerprint density at radius 1 is 1.18 bits per heavy atom. The molecule has 0 spiro atoms. The SMILES string of the molecule is CC(C)(C)OC(=O)N1CCN(Cc2cc(Br)nc(Br)c2)CC1. The van der Waals surface area contributed by atoms with Crippen molar-refractivity contribution in [2.45, 2.75) is 32.9 Å². The van der Waals surface area contributed by atoms with Crippen molar-refractivity contribution in [1.82, 2.24) is 14.8 Å². The largest absolute Gasteiger partial charge is 0.444 e. The van der Waals surface area contributed by atoms with Gasteiger partial charge in [-0.15, -0.1) is 0 Å². The smallest absolute Gasteiger partial charge is 0.410 e. The fraction of sp³-hybridized carbons (Fsp3) is 0.600. The number of nitrogens with zero attached hydrogens (tertiary/aromatic N) is 3. The third-order valence-corrected chi connectivity index (χ3v) is 4.07. The Kier molecular flexibility index (Phi) is 5.85. The van der Waals surface area contributed by atoms with Crippen LogP contribution in [0.2, 0.25) is 0 Å². The molecule has 1 amide bonds. The Labute approximate surface area is 148 Å². The Morgan fingerprint density at radius 3 is 2.23 bits per heavy atom. The maximum absolute atomic E-state index is 12.0. The Morgan fingerprint density at radius 2 is 1.73 bits per heavy atom. The minimum absolute atomic E-state index is 0.221. The van der Waals surface area contributed by atoms with Gasteiger partial charge in [0.25, 0.3) is 0 Å². The molecule has 1 aromatic rings. The maximum atomic E-state index is 12.0.